The molecule has 0 aliphatic carbocycles. The molecule has 1 aliphatic heterocycles. The van der Waals surface area contributed by atoms with Crippen LogP contribution in [0.1, 0.15) is 12.8 Å². The number of aliphatic carboxylic acids is 1. The lowest BCUT2D eigenvalue weighted by atomic mass is 10.2. The Morgan fingerprint density at radius 3 is 2.85 bits per heavy atom. The molecule has 1 saturated heterocycles. The van der Waals surface area contributed by atoms with Crippen molar-refractivity contribution in [2.75, 3.05) is 12.3 Å². The van der Waals surface area contributed by atoms with Gasteiger partial charge < -0.3 is 10.0 Å². The molecule has 0 aromatic heterocycles. The summed E-state index contributed by atoms with van der Waals surface area (Å²) in [7, 11) is 0. The molecule has 4 nitrogen and oxygen atoms in total. The number of nitrogens with zero attached hydrogens (tertiary/aromatic N) is 1. The molecule has 1 heterocycles. The normalized spacial score (nSPS) is 18.3. The van der Waals surface area contributed by atoms with Gasteiger partial charge >= 0.3 is 5.97 Å². The molecule has 1 aliphatic rings. The lowest BCUT2D eigenvalue weighted by Crippen LogP contribution is -2.41. The zero-order valence-electron chi connectivity index (χ0n) is 10.5. The van der Waals surface area contributed by atoms with Gasteiger partial charge in [-0.25, -0.2) is 4.79 Å². The van der Waals surface area contributed by atoms with Crippen LogP contribution in [0.4, 0.5) is 0 Å². The van der Waals surface area contributed by atoms with Gasteiger partial charge in [-0.15, -0.1) is 11.8 Å². The molecule has 20 heavy (non-hydrogen) atoms. The highest BCUT2D eigenvalue weighted by atomic mass is 35.5. The van der Waals surface area contributed by atoms with Crippen LogP contribution in [-0.2, 0) is 9.59 Å². The van der Waals surface area contributed by atoms with Gasteiger partial charge in [0.2, 0.25) is 5.91 Å². The van der Waals surface area contributed by atoms with Gasteiger partial charge in [0.15, 0.2) is 0 Å². The highest BCUT2D eigenvalue weighted by molar-refractivity contribution is 8.00. The van der Waals surface area contributed by atoms with Crippen molar-refractivity contribution >= 4 is 46.8 Å². The number of carboxylic acid groups (broad SMARTS) is 1. The Labute approximate surface area is 131 Å². The highest BCUT2D eigenvalue weighted by Gasteiger charge is 2.33. The molecule has 1 aromatic rings. The van der Waals surface area contributed by atoms with Gasteiger partial charge in [-0.05, 0) is 31.0 Å². The maximum absolute atomic E-state index is 12.1. The molecule has 1 N–H and O–H groups in total. The third kappa shape index (κ3) is 3.59. The summed E-state index contributed by atoms with van der Waals surface area (Å²) in [5.74, 6) is -0.971. The summed E-state index contributed by atoms with van der Waals surface area (Å²) in [6, 6.07) is 4.35. The van der Waals surface area contributed by atoms with Gasteiger partial charge in [0.25, 0.3) is 0 Å². The lowest BCUT2D eigenvalue weighted by molar-refractivity contribution is -0.147. The van der Waals surface area contributed by atoms with Crippen molar-refractivity contribution < 1.29 is 14.7 Å². The molecular formula is C13H13Cl2NO3S. The number of carbonyl (C=O) groups is 2. The van der Waals surface area contributed by atoms with Gasteiger partial charge in [-0.3, -0.25) is 4.79 Å². The van der Waals surface area contributed by atoms with Gasteiger partial charge in [0.05, 0.1) is 10.8 Å². The first-order chi connectivity index (χ1) is 9.49. The first-order valence-corrected chi connectivity index (χ1v) is 7.83. The number of thioether (sulfide) groups is 1. The maximum Gasteiger partial charge on any atom is 0.326 e. The van der Waals surface area contributed by atoms with E-state index in [2.05, 4.69) is 0 Å². The number of carbonyl (C=O) groups excluding carboxylic acids is 1. The van der Waals surface area contributed by atoms with E-state index in [1.54, 1.807) is 18.2 Å². The first kappa shape index (κ1) is 15.5. The van der Waals surface area contributed by atoms with Crippen molar-refractivity contribution in [3.8, 4) is 0 Å². The van der Waals surface area contributed by atoms with Crippen molar-refractivity contribution in [1.82, 2.24) is 4.90 Å². The molecule has 0 saturated carbocycles. The predicted molar refractivity (Wildman–Crippen MR) is 79.6 cm³/mol. The summed E-state index contributed by atoms with van der Waals surface area (Å²) < 4.78 is 0. The highest BCUT2D eigenvalue weighted by Crippen LogP contribution is 2.30. The molecular weight excluding hydrogens is 321 g/mol. The summed E-state index contributed by atoms with van der Waals surface area (Å²) in [6.45, 7) is 0.500. The number of halogens is 2. The number of hydrogen-bond acceptors (Lipinski definition) is 3. The second-order valence-corrected chi connectivity index (χ2v) is 6.31. The molecule has 1 atom stereocenters. The monoisotopic (exact) mass is 333 g/mol. The van der Waals surface area contributed by atoms with Crippen LogP contribution in [0.25, 0.3) is 0 Å². The Hall–Kier alpha value is -0.910. The van der Waals surface area contributed by atoms with Crippen LogP contribution in [0.15, 0.2) is 23.1 Å². The topological polar surface area (TPSA) is 57.6 Å². The average Bonchev–Trinajstić information content (AvgIpc) is 2.89. The van der Waals surface area contributed by atoms with Crippen LogP contribution in [0, 0.1) is 0 Å². The Balaban J connectivity index is 1.98. The fraction of sp³-hybridized carbons (Fsp3) is 0.385. The van der Waals surface area contributed by atoms with Gasteiger partial charge in [-0.2, -0.15) is 0 Å². The van der Waals surface area contributed by atoms with E-state index in [1.165, 1.54) is 16.7 Å². The number of likely N-dealkylation sites (tertiary alicyclic amines) is 1. The Kier molecular flexibility index (Phi) is 5.18. The summed E-state index contributed by atoms with van der Waals surface area (Å²) >= 11 is 13.2. The fourth-order valence-corrected chi connectivity index (χ4v) is 3.51. The van der Waals surface area contributed by atoms with E-state index in [0.717, 1.165) is 11.3 Å². The zero-order chi connectivity index (χ0) is 14.7. The van der Waals surface area contributed by atoms with E-state index in [4.69, 9.17) is 28.3 Å². The van der Waals surface area contributed by atoms with Gasteiger partial charge in [0, 0.05) is 16.5 Å². The van der Waals surface area contributed by atoms with E-state index in [-0.39, 0.29) is 11.7 Å². The molecule has 0 bridgehead atoms. The number of rotatable bonds is 4. The van der Waals surface area contributed by atoms with Crippen molar-refractivity contribution in [3.05, 3.63) is 28.2 Å². The second kappa shape index (κ2) is 6.70. The first-order valence-electron chi connectivity index (χ1n) is 6.09. The van der Waals surface area contributed by atoms with Crippen LogP contribution in [0.3, 0.4) is 0 Å². The fourth-order valence-electron chi connectivity index (χ4n) is 2.13. The molecule has 1 aromatic carbocycles. The van der Waals surface area contributed by atoms with Crippen molar-refractivity contribution in [1.29, 1.82) is 0 Å². The van der Waals surface area contributed by atoms with Crippen molar-refractivity contribution in [2.24, 2.45) is 0 Å². The van der Waals surface area contributed by atoms with E-state index < -0.39 is 12.0 Å². The zero-order valence-corrected chi connectivity index (χ0v) is 12.8. The molecule has 7 heteroatoms. The quantitative estimate of drug-likeness (QED) is 0.860. The second-order valence-electron chi connectivity index (χ2n) is 4.45. The Morgan fingerprint density at radius 2 is 2.15 bits per heavy atom. The van der Waals surface area contributed by atoms with Crippen molar-refractivity contribution in [2.45, 2.75) is 23.8 Å². The molecule has 1 fully saturated rings. The van der Waals surface area contributed by atoms with Crippen LogP contribution >= 0.6 is 35.0 Å². The van der Waals surface area contributed by atoms with Crippen LogP contribution in [0.2, 0.25) is 10.0 Å². The molecule has 2 rings (SSSR count). The van der Waals surface area contributed by atoms with E-state index in [1.807, 2.05) is 0 Å². The third-order valence-corrected chi connectivity index (χ3v) is 4.82. The van der Waals surface area contributed by atoms with Crippen LogP contribution in [0.5, 0.6) is 0 Å². The number of hydrogen-bond donors (Lipinski definition) is 1. The number of benzene rings is 1. The minimum atomic E-state index is -0.943. The SMILES string of the molecule is O=C(O)[C@H]1CCCN1C(=O)CSc1cc(Cl)ccc1Cl. The van der Waals surface area contributed by atoms with Gasteiger partial charge in [0.1, 0.15) is 6.04 Å². The minimum absolute atomic E-state index is 0.157. The lowest BCUT2D eigenvalue weighted by Gasteiger charge is -2.21. The third-order valence-electron chi connectivity index (χ3n) is 3.10. The largest absolute Gasteiger partial charge is 0.480 e. The average molecular weight is 334 g/mol. The van der Waals surface area contributed by atoms with Crippen LogP contribution in [-0.4, -0.2) is 40.2 Å². The summed E-state index contributed by atoms with van der Waals surface area (Å²) in [4.78, 5) is 25.3. The summed E-state index contributed by atoms with van der Waals surface area (Å²) in [6.07, 6.45) is 1.24. The molecule has 1 amide bonds. The molecule has 0 radical (unpaired) electrons. The van der Waals surface area contributed by atoms with Crippen molar-refractivity contribution in [3.63, 3.8) is 0 Å². The standard InChI is InChI=1S/C13H13Cl2NO3S/c14-8-3-4-9(15)11(6-8)20-7-12(17)16-5-1-2-10(16)13(18)19/h3-4,6,10H,1-2,5,7H2,(H,18,19)/t10-/m1/s1. The minimum Gasteiger partial charge on any atom is -0.480 e. The molecule has 0 spiro atoms. The predicted octanol–water partition coefficient (Wildman–Crippen LogP) is 3.16. The maximum atomic E-state index is 12.1. The smallest absolute Gasteiger partial charge is 0.326 e. The molecule has 108 valence electrons. The van der Waals surface area contributed by atoms with Crippen LogP contribution < -0.4 is 0 Å². The summed E-state index contributed by atoms with van der Waals surface area (Å²) in [5, 5.41) is 10.1. The Bertz CT molecular complexity index is 538. The number of amides is 1. The van der Waals surface area contributed by atoms with E-state index in [0.29, 0.717) is 23.0 Å². The summed E-state index contributed by atoms with van der Waals surface area (Å²) in [5.41, 5.74) is 0. The van der Waals surface area contributed by atoms with Gasteiger partial charge in [-0.1, -0.05) is 23.2 Å². The van der Waals surface area contributed by atoms with E-state index >= 15 is 0 Å². The Morgan fingerprint density at radius 1 is 1.40 bits per heavy atom. The van der Waals surface area contributed by atoms with E-state index in [9.17, 15) is 9.59 Å². The molecule has 0 unspecified atom stereocenters. The number of carboxylic acids is 1.